The molecule has 0 aliphatic heterocycles. The van der Waals surface area contributed by atoms with Gasteiger partial charge in [-0.3, -0.25) is 10.1 Å². The van der Waals surface area contributed by atoms with E-state index in [1.807, 2.05) is 0 Å². The van der Waals surface area contributed by atoms with Crippen molar-refractivity contribution >= 4 is 35.0 Å². The fourth-order valence-corrected chi connectivity index (χ4v) is 2.65. The Kier molecular flexibility index (Phi) is 4.82. The Hall–Kier alpha value is -2.05. The highest BCUT2D eigenvalue weighted by Gasteiger charge is 2.13. The molecule has 0 radical (unpaired) electrons. The lowest BCUT2D eigenvalue weighted by molar-refractivity contribution is -0.384. The third-order valence-corrected chi connectivity index (χ3v) is 3.94. The molecule has 0 aromatic heterocycles. The Labute approximate surface area is 130 Å². The molecular weight excluding hydrogens is 314 g/mol. The number of nitrogens with zero attached hydrogens (tertiary/aromatic N) is 1. The molecule has 108 valence electrons. The summed E-state index contributed by atoms with van der Waals surface area (Å²) in [5, 5.41) is 10.9. The SMILES string of the molecule is COC(=O)c1ccc(Sc2ccc(Cl)c([N+](=O)[O-])c2)cc1. The predicted octanol–water partition coefficient (Wildman–Crippen LogP) is 4.19. The van der Waals surface area contributed by atoms with E-state index in [9.17, 15) is 14.9 Å². The Morgan fingerprint density at radius 2 is 1.81 bits per heavy atom. The number of hydrogen-bond acceptors (Lipinski definition) is 5. The van der Waals surface area contributed by atoms with Crippen molar-refractivity contribution in [2.75, 3.05) is 7.11 Å². The van der Waals surface area contributed by atoms with Crippen LogP contribution in [0.4, 0.5) is 5.69 Å². The number of nitro groups is 1. The average Bonchev–Trinajstić information content (AvgIpc) is 2.49. The van der Waals surface area contributed by atoms with Crippen LogP contribution in [0.1, 0.15) is 10.4 Å². The second-order valence-corrected chi connectivity index (χ2v) is 5.54. The molecule has 0 aliphatic carbocycles. The molecule has 2 aromatic rings. The minimum Gasteiger partial charge on any atom is -0.465 e. The van der Waals surface area contributed by atoms with Crippen LogP contribution < -0.4 is 0 Å². The fourth-order valence-electron chi connectivity index (χ4n) is 1.61. The highest BCUT2D eigenvalue weighted by Crippen LogP contribution is 2.33. The molecule has 0 heterocycles. The van der Waals surface area contributed by atoms with E-state index in [0.717, 1.165) is 4.90 Å². The van der Waals surface area contributed by atoms with Crippen LogP contribution >= 0.6 is 23.4 Å². The first-order chi connectivity index (χ1) is 10.0. The van der Waals surface area contributed by atoms with Gasteiger partial charge in [0.25, 0.3) is 5.69 Å². The van der Waals surface area contributed by atoms with E-state index >= 15 is 0 Å². The van der Waals surface area contributed by atoms with Crippen LogP contribution in [-0.4, -0.2) is 18.0 Å². The molecule has 0 unspecified atom stereocenters. The molecule has 2 rings (SSSR count). The molecule has 0 saturated carbocycles. The van der Waals surface area contributed by atoms with Crippen molar-refractivity contribution in [3.05, 3.63) is 63.2 Å². The van der Waals surface area contributed by atoms with Gasteiger partial charge in [-0.1, -0.05) is 23.4 Å². The number of benzene rings is 2. The van der Waals surface area contributed by atoms with Gasteiger partial charge in [0.05, 0.1) is 17.6 Å². The van der Waals surface area contributed by atoms with Crippen molar-refractivity contribution in [2.24, 2.45) is 0 Å². The number of halogens is 1. The Morgan fingerprint density at radius 1 is 1.19 bits per heavy atom. The normalized spacial score (nSPS) is 10.2. The zero-order valence-corrected chi connectivity index (χ0v) is 12.5. The van der Waals surface area contributed by atoms with Gasteiger partial charge in [-0.05, 0) is 36.4 Å². The monoisotopic (exact) mass is 323 g/mol. The Morgan fingerprint density at radius 3 is 2.38 bits per heavy atom. The summed E-state index contributed by atoms with van der Waals surface area (Å²) in [4.78, 5) is 23.2. The first-order valence-electron chi connectivity index (χ1n) is 5.81. The van der Waals surface area contributed by atoms with E-state index in [-0.39, 0.29) is 10.7 Å². The molecule has 0 atom stereocenters. The maximum absolute atomic E-state index is 11.3. The largest absolute Gasteiger partial charge is 0.465 e. The fraction of sp³-hybridized carbons (Fsp3) is 0.0714. The van der Waals surface area contributed by atoms with E-state index in [4.69, 9.17) is 11.6 Å². The average molecular weight is 324 g/mol. The van der Waals surface area contributed by atoms with Crippen LogP contribution in [0.15, 0.2) is 52.3 Å². The number of rotatable bonds is 4. The zero-order valence-electron chi connectivity index (χ0n) is 10.9. The Bertz CT molecular complexity index is 688. The topological polar surface area (TPSA) is 69.4 Å². The van der Waals surface area contributed by atoms with Crippen LogP contribution in [0.3, 0.4) is 0 Å². The molecule has 0 N–H and O–H groups in total. The third kappa shape index (κ3) is 3.74. The molecule has 0 bridgehead atoms. The molecular formula is C14H10ClNO4S. The van der Waals surface area contributed by atoms with Crippen molar-refractivity contribution in [1.82, 2.24) is 0 Å². The molecule has 21 heavy (non-hydrogen) atoms. The summed E-state index contributed by atoms with van der Waals surface area (Å²) < 4.78 is 4.61. The highest BCUT2D eigenvalue weighted by molar-refractivity contribution is 7.99. The minimum absolute atomic E-state index is 0.102. The van der Waals surface area contributed by atoms with Crippen LogP contribution in [0.2, 0.25) is 5.02 Å². The summed E-state index contributed by atoms with van der Waals surface area (Å²) in [5.41, 5.74) is 0.316. The molecule has 7 heteroatoms. The lowest BCUT2D eigenvalue weighted by atomic mass is 10.2. The van der Waals surface area contributed by atoms with Gasteiger partial charge < -0.3 is 4.74 Å². The van der Waals surface area contributed by atoms with Gasteiger partial charge in [0.1, 0.15) is 5.02 Å². The van der Waals surface area contributed by atoms with Crippen molar-refractivity contribution in [1.29, 1.82) is 0 Å². The van der Waals surface area contributed by atoms with Gasteiger partial charge in [0.15, 0.2) is 0 Å². The predicted molar refractivity (Wildman–Crippen MR) is 80.0 cm³/mol. The summed E-state index contributed by atoms with van der Waals surface area (Å²) in [6, 6.07) is 11.4. The van der Waals surface area contributed by atoms with E-state index in [0.29, 0.717) is 10.5 Å². The second kappa shape index (κ2) is 6.60. The molecule has 0 fully saturated rings. The Balaban J connectivity index is 2.20. The number of carbonyl (C=O) groups is 1. The molecule has 0 spiro atoms. The summed E-state index contributed by atoms with van der Waals surface area (Å²) in [6.45, 7) is 0. The van der Waals surface area contributed by atoms with Gasteiger partial charge in [0, 0.05) is 15.9 Å². The lowest BCUT2D eigenvalue weighted by Crippen LogP contribution is -2.00. The van der Waals surface area contributed by atoms with Crippen LogP contribution in [0, 0.1) is 10.1 Å². The maximum atomic E-state index is 11.3. The van der Waals surface area contributed by atoms with Gasteiger partial charge in [-0.25, -0.2) is 4.79 Å². The number of carbonyl (C=O) groups excluding carboxylic acids is 1. The van der Waals surface area contributed by atoms with Crippen molar-refractivity contribution < 1.29 is 14.5 Å². The molecule has 0 aliphatic rings. The van der Waals surface area contributed by atoms with Gasteiger partial charge in [-0.2, -0.15) is 0 Å². The standard InChI is InChI=1S/C14H10ClNO4S/c1-20-14(17)9-2-4-10(5-3-9)21-11-6-7-12(15)13(8-11)16(18)19/h2-8H,1H3. The molecule has 2 aromatic carbocycles. The van der Waals surface area contributed by atoms with Crippen LogP contribution in [-0.2, 0) is 4.74 Å². The van der Waals surface area contributed by atoms with Crippen molar-refractivity contribution in [3.8, 4) is 0 Å². The lowest BCUT2D eigenvalue weighted by Gasteiger charge is -2.04. The number of esters is 1. The minimum atomic E-state index is -0.521. The van der Waals surface area contributed by atoms with E-state index in [1.54, 1.807) is 30.3 Å². The second-order valence-electron chi connectivity index (χ2n) is 3.99. The molecule has 0 saturated heterocycles. The van der Waals surface area contributed by atoms with E-state index in [2.05, 4.69) is 4.74 Å². The molecule has 5 nitrogen and oxygen atoms in total. The summed E-state index contributed by atoms with van der Waals surface area (Å²) >= 11 is 7.10. The zero-order chi connectivity index (χ0) is 15.4. The van der Waals surface area contributed by atoms with Gasteiger partial charge in [-0.15, -0.1) is 0 Å². The summed E-state index contributed by atoms with van der Waals surface area (Å²) in [5.74, 6) is -0.409. The number of ether oxygens (including phenoxy) is 1. The quantitative estimate of drug-likeness (QED) is 0.479. The van der Waals surface area contributed by atoms with Crippen LogP contribution in [0.25, 0.3) is 0 Å². The van der Waals surface area contributed by atoms with E-state index < -0.39 is 10.9 Å². The number of nitro benzene ring substituents is 1. The smallest absolute Gasteiger partial charge is 0.337 e. The number of hydrogen-bond donors (Lipinski definition) is 0. The third-order valence-electron chi connectivity index (χ3n) is 2.63. The van der Waals surface area contributed by atoms with Crippen molar-refractivity contribution in [3.63, 3.8) is 0 Å². The van der Waals surface area contributed by atoms with E-state index in [1.165, 1.54) is 31.0 Å². The maximum Gasteiger partial charge on any atom is 0.337 e. The van der Waals surface area contributed by atoms with Gasteiger partial charge in [0.2, 0.25) is 0 Å². The summed E-state index contributed by atoms with van der Waals surface area (Å²) in [7, 11) is 1.32. The molecule has 0 amide bonds. The highest BCUT2D eigenvalue weighted by atomic mass is 35.5. The summed E-state index contributed by atoms with van der Waals surface area (Å²) in [6.07, 6.45) is 0. The first-order valence-corrected chi connectivity index (χ1v) is 7.01. The van der Waals surface area contributed by atoms with Crippen molar-refractivity contribution in [2.45, 2.75) is 9.79 Å². The van der Waals surface area contributed by atoms with Crippen LogP contribution in [0.5, 0.6) is 0 Å². The number of methoxy groups -OCH3 is 1. The van der Waals surface area contributed by atoms with Gasteiger partial charge >= 0.3 is 5.97 Å². The first kappa shape index (κ1) is 15.3.